The molecule has 0 radical (unpaired) electrons. The Morgan fingerprint density at radius 1 is 1.12 bits per heavy atom. The third-order valence-electron chi connectivity index (χ3n) is 5.91. The Hall–Kier alpha value is -1.79. The van der Waals surface area contributed by atoms with Crippen molar-refractivity contribution in [3.8, 4) is 0 Å². The molecule has 6 nitrogen and oxygen atoms in total. The number of carbonyl (C=O) groups is 1. The maximum Gasteiger partial charge on any atom is 0.326 e. The lowest BCUT2D eigenvalue weighted by atomic mass is 9.81. The van der Waals surface area contributed by atoms with E-state index in [4.69, 9.17) is 5.73 Å². The van der Waals surface area contributed by atoms with Crippen molar-refractivity contribution in [2.75, 3.05) is 13.1 Å². The molecule has 1 aliphatic heterocycles. The van der Waals surface area contributed by atoms with E-state index in [0.29, 0.717) is 13.1 Å². The molecule has 1 aromatic carbocycles. The second-order valence-electron chi connectivity index (χ2n) is 7.56. The van der Waals surface area contributed by atoms with Crippen LogP contribution in [0.1, 0.15) is 51.0 Å². The highest BCUT2D eigenvalue weighted by Gasteiger charge is 2.39. The zero-order valence-electron chi connectivity index (χ0n) is 14.9. The summed E-state index contributed by atoms with van der Waals surface area (Å²) in [5, 5.41) is 0. The Bertz CT molecular complexity index is 829. The Morgan fingerprint density at radius 2 is 1.77 bits per heavy atom. The fourth-order valence-corrected chi connectivity index (χ4v) is 4.48. The van der Waals surface area contributed by atoms with Crippen LogP contribution in [0, 0.1) is 0 Å². The van der Waals surface area contributed by atoms with E-state index in [1.165, 1.54) is 6.42 Å². The number of rotatable bonds is 2. The third kappa shape index (κ3) is 3.28. The van der Waals surface area contributed by atoms with E-state index < -0.39 is 5.54 Å². The van der Waals surface area contributed by atoms with E-state index in [1.54, 1.807) is 0 Å². The summed E-state index contributed by atoms with van der Waals surface area (Å²) in [5.41, 5.74) is 7.50. The molecule has 0 bridgehead atoms. The van der Waals surface area contributed by atoms with Crippen LogP contribution < -0.4 is 11.4 Å². The Balaban J connectivity index is 0.00000196. The van der Waals surface area contributed by atoms with Gasteiger partial charge < -0.3 is 15.6 Å². The molecule has 142 valence electrons. The number of amides is 1. The fourth-order valence-electron chi connectivity index (χ4n) is 4.48. The number of imidazole rings is 1. The summed E-state index contributed by atoms with van der Waals surface area (Å²) in [6.07, 6.45) is 6.46. The molecule has 0 unspecified atom stereocenters. The minimum atomic E-state index is -0.664. The van der Waals surface area contributed by atoms with Crippen molar-refractivity contribution in [2.45, 2.75) is 56.5 Å². The highest BCUT2D eigenvalue weighted by molar-refractivity contribution is 5.86. The van der Waals surface area contributed by atoms with Crippen LogP contribution >= 0.6 is 12.4 Å². The van der Waals surface area contributed by atoms with Crippen LogP contribution in [0.25, 0.3) is 11.0 Å². The number of para-hydroxylation sites is 2. The van der Waals surface area contributed by atoms with E-state index in [1.807, 2.05) is 33.7 Å². The molecule has 2 aliphatic rings. The molecule has 1 saturated heterocycles. The summed E-state index contributed by atoms with van der Waals surface area (Å²) in [4.78, 5) is 30.1. The number of hydrogen-bond acceptors (Lipinski definition) is 3. The monoisotopic (exact) mass is 378 g/mol. The second kappa shape index (κ2) is 7.45. The first-order valence-electron chi connectivity index (χ1n) is 9.36. The molecule has 1 aromatic heterocycles. The van der Waals surface area contributed by atoms with Crippen molar-refractivity contribution in [3.05, 3.63) is 34.7 Å². The average Bonchev–Trinajstić information content (AvgIpc) is 2.97. The lowest BCUT2D eigenvalue weighted by Gasteiger charge is -2.40. The van der Waals surface area contributed by atoms with Crippen LogP contribution in [0.2, 0.25) is 0 Å². The van der Waals surface area contributed by atoms with Gasteiger partial charge in [0.05, 0.1) is 16.6 Å². The number of hydrogen-bond donors (Lipinski definition) is 2. The zero-order valence-corrected chi connectivity index (χ0v) is 15.8. The number of nitrogens with one attached hydrogen (secondary N) is 1. The summed E-state index contributed by atoms with van der Waals surface area (Å²) in [6.45, 7) is 1.35. The van der Waals surface area contributed by atoms with Crippen LogP contribution in [-0.4, -0.2) is 39.0 Å². The summed E-state index contributed by atoms with van der Waals surface area (Å²) in [7, 11) is 0. The summed E-state index contributed by atoms with van der Waals surface area (Å²) in [5.74, 6) is 0.108. The quantitative estimate of drug-likeness (QED) is 0.842. The topological polar surface area (TPSA) is 84.1 Å². The van der Waals surface area contributed by atoms with Crippen LogP contribution in [0.15, 0.2) is 29.1 Å². The van der Waals surface area contributed by atoms with Gasteiger partial charge >= 0.3 is 5.69 Å². The number of carbonyl (C=O) groups excluding carboxylic acids is 1. The van der Waals surface area contributed by atoms with E-state index in [0.717, 1.165) is 49.6 Å². The molecule has 2 fully saturated rings. The molecule has 4 rings (SSSR count). The van der Waals surface area contributed by atoms with Crippen LogP contribution in [0.5, 0.6) is 0 Å². The highest BCUT2D eigenvalue weighted by atomic mass is 35.5. The number of aromatic nitrogens is 2. The first-order valence-corrected chi connectivity index (χ1v) is 9.36. The van der Waals surface area contributed by atoms with Gasteiger partial charge in [-0.2, -0.15) is 0 Å². The van der Waals surface area contributed by atoms with Gasteiger partial charge in [-0.25, -0.2) is 4.79 Å². The van der Waals surface area contributed by atoms with E-state index in [9.17, 15) is 9.59 Å². The van der Waals surface area contributed by atoms with Gasteiger partial charge in [-0.3, -0.25) is 9.36 Å². The van der Waals surface area contributed by atoms with Gasteiger partial charge in [-0.1, -0.05) is 31.4 Å². The van der Waals surface area contributed by atoms with E-state index in [2.05, 4.69) is 4.98 Å². The van der Waals surface area contributed by atoms with Gasteiger partial charge in [0.25, 0.3) is 0 Å². The lowest BCUT2D eigenvalue weighted by Crippen LogP contribution is -2.57. The molecule has 3 N–H and O–H groups in total. The van der Waals surface area contributed by atoms with E-state index >= 15 is 0 Å². The average molecular weight is 379 g/mol. The van der Waals surface area contributed by atoms with Gasteiger partial charge in [0.1, 0.15) is 0 Å². The Kier molecular flexibility index (Phi) is 5.44. The third-order valence-corrected chi connectivity index (χ3v) is 5.91. The first-order chi connectivity index (χ1) is 12.1. The molecular formula is C19H27ClN4O2. The summed E-state index contributed by atoms with van der Waals surface area (Å²) >= 11 is 0. The molecule has 1 aliphatic carbocycles. The number of benzene rings is 1. The van der Waals surface area contributed by atoms with Gasteiger partial charge in [0.2, 0.25) is 5.91 Å². The molecular weight excluding hydrogens is 352 g/mol. The molecule has 26 heavy (non-hydrogen) atoms. The number of fused-ring (bicyclic) bond motifs is 1. The number of nitrogens with zero attached hydrogens (tertiary/aromatic N) is 2. The molecule has 2 heterocycles. The van der Waals surface area contributed by atoms with Crippen LogP contribution in [0.3, 0.4) is 0 Å². The van der Waals surface area contributed by atoms with Crippen LogP contribution in [-0.2, 0) is 4.79 Å². The van der Waals surface area contributed by atoms with Gasteiger partial charge in [-0.05, 0) is 37.8 Å². The lowest BCUT2D eigenvalue weighted by molar-refractivity contribution is -0.139. The van der Waals surface area contributed by atoms with Crippen molar-refractivity contribution in [2.24, 2.45) is 5.73 Å². The number of piperidine rings is 1. The van der Waals surface area contributed by atoms with Crippen LogP contribution in [0.4, 0.5) is 0 Å². The highest BCUT2D eigenvalue weighted by Crippen LogP contribution is 2.31. The van der Waals surface area contributed by atoms with E-state index in [-0.39, 0.29) is 30.0 Å². The van der Waals surface area contributed by atoms with Crippen molar-refractivity contribution < 1.29 is 4.79 Å². The van der Waals surface area contributed by atoms with Gasteiger partial charge in [0, 0.05) is 19.1 Å². The normalized spacial score (nSPS) is 20.7. The molecule has 2 aromatic rings. The number of halogens is 1. The first kappa shape index (κ1) is 19.0. The minimum absolute atomic E-state index is 0. The number of aromatic amines is 1. The molecule has 1 amide bonds. The largest absolute Gasteiger partial charge is 0.341 e. The summed E-state index contributed by atoms with van der Waals surface area (Å²) in [6, 6.07) is 7.91. The van der Waals surface area contributed by atoms with Crippen molar-refractivity contribution in [1.82, 2.24) is 14.5 Å². The maximum absolute atomic E-state index is 12.9. The second-order valence-corrected chi connectivity index (χ2v) is 7.56. The number of nitrogens with two attached hydrogens (primary N) is 1. The maximum atomic E-state index is 12.9. The predicted molar refractivity (Wildman–Crippen MR) is 105 cm³/mol. The molecule has 0 spiro atoms. The van der Waals surface area contributed by atoms with Crippen molar-refractivity contribution in [3.63, 3.8) is 0 Å². The molecule has 0 atom stereocenters. The number of H-pyrrole nitrogens is 1. The molecule has 1 saturated carbocycles. The molecule has 7 heteroatoms. The summed E-state index contributed by atoms with van der Waals surface area (Å²) < 4.78 is 1.86. The Morgan fingerprint density at radius 3 is 2.46 bits per heavy atom. The van der Waals surface area contributed by atoms with Crippen molar-refractivity contribution in [1.29, 1.82) is 0 Å². The SMILES string of the molecule is Cl.NC1(C(=O)N2CCC(n3c(=O)[nH]c4ccccc43)CC2)CCCCC1. The minimum Gasteiger partial charge on any atom is -0.341 e. The van der Waals surface area contributed by atoms with Gasteiger partial charge in [0.15, 0.2) is 0 Å². The number of likely N-dealkylation sites (tertiary alicyclic amines) is 1. The zero-order chi connectivity index (χ0) is 17.4. The predicted octanol–water partition coefficient (Wildman–Crippen LogP) is 2.58. The fraction of sp³-hybridized carbons (Fsp3) is 0.579. The van der Waals surface area contributed by atoms with Gasteiger partial charge in [-0.15, -0.1) is 12.4 Å². The smallest absolute Gasteiger partial charge is 0.326 e. The standard InChI is InChI=1S/C19H26N4O2.ClH/c20-19(10-4-1-5-11-19)17(24)22-12-8-14(9-13-22)23-16-7-3-2-6-15(16)21-18(23)25;/h2-3,6-7,14H,1,4-5,8-13,20H2,(H,21,25);1H. The Labute approximate surface area is 159 Å². The van der Waals surface area contributed by atoms with Crippen molar-refractivity contribution >= 4 is 29.3 Å².